The molecule has 3 aliphatic rings. The van der Waals surface area contributed by atoms with Gasteiger partial charge in [-0.3, -0.25) is 9.69 Å². The van der Waals surface area contributed by atoms with E-state index in [-0.39, 0.29) is 30.3 Å². The Morgan fingerprint density at radius 1 is 1.16 bits per heavy atom. The Balaban J connectivity index is 1.08. The molecule has 0 saturated carbocycles. The lowest BCUT2D eigenvalue weighted by Gasteiger charge is -2.43. The lowest BCUT2D eigenvalue weighted by atomic mass is 9.98. The number of aliphatic hydroxyl groups is 1. The Morgan fingerprint density at radius 3 is 2.58 bits per heavy atom. The third-order valence-corrected chi connectivity index (χ3v) is 8.77. The molecule has 12 heteroatoms. The van der Waals surface area contributed by atoms with E-state index in [9.17, 15) is 15.2 Å². The minimum atomic E-state index is -1.46. The summed E-state index contributed by atoms with van der Waals surface area (Å²) in [6.07, 6.45) is -1.61. The van der Waals surface area contributed by atoms with Crippen LogP contribution in [0.3, 0.4) is 0 Å². The van der Waals surface area contributed by atoms with E-state index in [2.05, 4.69) is 43.3 Å². The van der Waals surface area contributed by atoms with Gasteiger partial charge in [-0.2, -0.15) is 5.26 Å². The molecule has 2 N–H and O–H groups in total. The van der Waals surface area contributed by atoms with Crippen LogP contribution in [-0.4, -0.2) is 107 Å². The van der Waals surface area contributed by atoms with Crippen molar-refractivity contribution in [3.05, 3.63) is 60.3 Å². The molecule has 0 aliphatic carbocycles. The van der Waals surface area contributed by atoms with Crippen LogP contribution in [0.1, 0.15) is 25.8 Å². The van der Waals surface area contributed by atoms with Crippen molar-refractivity contribution in [1.29, 1.82) is 5.26 Å². The van der Waals surface area contributed by atoms with Gasteiger partial charge in [0.1, 0.15) is 29.8 Å². The molecule has 1 amide bonds. The summed E-state index contributed by atoms with van der Waals surface area (Å²) in [7, 11) is 0. The van der Waals surface area contributed by atoms with E-state index in [4.69, 9.17) is 9.47 Å². The molecule has 0 spiro atoms. The van der Waals surface area contributed by atoms with Crippen LogP contribution in [0, 0.1) is 11.3 Å². The van der Waals surface area contributed by atoms with Gasteiger partial charge in [-0.25, -0.2) is 14.4 Å². The average molecular weight is 616 g/mol. The maximum absolute atomic E-state index is 15.0. The summed E-state index contributed by atoms with van der Waals surface area (Å²) in [4.78, 5) is 27.5. The van der Waals surface area contributed by atoms with Crippen LogP contribution in [0.5, 0.6) is 5.75 Å². The molecule has 4 heterocycles. The van der Waals surface area contributed by atoms with Gasteiger partial charge in [-0.05, 0) is 62.4 Å². The fraction of sp³-hybridized carbons (Fsp3) is 0.455. The number of hydrogen-bond donors (Lipinski definition) is 2. The average Bonchev–Trinajstić information content (AvgIpc) is 3.02. The van der Waals surface area contributed by atoms with Crippen LogP contribution in [0.15, 0.2) is 54.7 Å². The maximum Gasteiger partial charge on any atom is 0.251 e. The van der Waals surface area contributed by atoms with E-state index in [0.717, 1.165) is 45.1 Å². The van der Waals surface area contributed by atoms with Gasteiger partial charge >= 0.3 is 0 Å². The summed E-state index contributed by atoms with van der Waals surface area (Å²) in [6.45, 7) is 8.74. The van der Waals surface area contributed by atoms with E-state index in [1.54, 1.807) is 37.4 Å². The molecular formula is C33H38FN7O4. The number of likely N-dealkylation sites (tertiary alicyclic amines) is 1. The number of ether oxygens (including phenoxy) is 2. The molecule has 6 rings (SSSR count). The van der Waals surface area contributed by atoms with Crippen LogP contribution in [0.2, 0.25) is 0 Å². The standard InChI is InChI=1S/C33H38FN7O4/c1-21-15-30(28(34)18-41(21)33(43)22(2)42)45-29-8-3-23(16-24(29)17-35)32-36-10-9-31(38-32)37-25-4-6-26(7-5-25)39-11-13-40(14-12-39)27-19-44-20-27/h3-10,16,21-22,27-28,30,42H,11-15,18-20H2,1-2H3,(H,36,37,38)/t21-,22+,28+,30-/m0/s1. The highest BCUT2D eigenvalue weighted by Gasteiger charge is 2.38. The van der Waals surface area contributed by atoms with E-state index < -0.39 is 24.3 Å². The predicted octanol–water partition coefficient (Wildman–Crippen LogP) is 3.37. The van der Waals surface area contributed by atoms with Crippen LogP contribution in [0.25, 0.3) is 11.4 Å². The van der Waals surface area contributed by atoms with Crippen LogP contribution in [0.4, 0.5) is 21.6 Å². The Kier molecular flexibility index (Phi) is 9.11. The highest BCUT2D eigenvalue weighted by molar-refractivity contribution is 5.80. The zero-order chi connectivity index (χ0) is 31.5. The van der Waals surface area contributed by atoms with E-state index >= 15 is 4.39 Å². The molecule has 4 atom stereocenters. The second-order valence-corrected chi connectivity index (χ2v) is 11.9. The number of piperidine rings is 1. The van der Waals surface area contributed by atoms with Crippen molar-refractivity contribution in [2.24, 2.45) is 0 Å². The number of hydrogen-bond acceptors (Lipinski definition) is 10. The Bertz CT molecular complexity index is 1540. The fourth-order valence-electron chi connectivity index (χ4n) is 6.04. The first-order chi connectivity index (χ1) is 21.8. The predicted molar refractivity (Wildman–Crippen MR) is 167 cm³/mol. The first-order valence-corrected chi connectivity index (χ1v) is 15.4. The summed E-state index contributed by atoms with van der Waals surface area (Å²) < 4.78 is 26.3. The van der Waals surface area contributed by atoms with Crippen molar-refractivity contribution < 1.29 is 23.8 Å². The first kappa shape index (κ1) is 30.7. The van der Waals surface area contributed by atoms with Gasteiger partial charge in [-0.1, -0.05) is 0 Å². The molecule has 3 saturated heterocycles. The molecule has 0 radical (unpaired) electrons. The van der Waals surface area contributed by atoms with Crippen molar-refractivity contribution in [1.82, 2.24) is 19.8 Å². The van der Waals surface area contributed by atoms with Gasteiger partial charge in [0.2, 0.25) is 0 Å². The first-order valence-electron chi connectivity index (χ1n) is 15.4. The van der Waals surface area contributed by atoms with Gasteiger partial charge in [-0.15, -0.1) is 0 Å². The number of carbonyl (C=O) groups excluding carboxylic acids is 1. The summed E-state index contributed by atoms with van der Waals surface area (Å²) in [5, 5.41) is 22.8. The number of aliphatic hydroxyl groups excluding tert-OH is 1. The van der Waals surface area contributed by atoms with Gasteiger partial charge in [0.25, 0.3) is 5.91 Å². The van der Waals surface area contributed by atoms with Crippen LogP contribution >= 0.6 is 0 Å². The number of anilines is 3. The van der Waals surface area contributed by atoms with Crippen molar-refractivity contribution in [2.75, 3.05) is 56.2 Å². The molecule has 3 fully saturated rings. The number of nitrogens with one attached hydrogen (secondary N) is 1. The minimum Gasteiger partial charge on any atom is -0.486 e. The zero-order valence-corrected chi connectivity index (χ0v) is 25.5. The quantitative estimate of drug-likeness (QED) is 0.390. The summed E-state index contributed by atoms with van der Waals surface area (Å²) >= 11 is 0. The molecule has 11 nitrogen and oxygen atoms in total. The number of nitrogens with zero attached hydrogens (tertiary/aromatic N) is 6. The molecule has 0 bridgehead atoms. The normalized spacial score (nSPS) is 23.1. The molecule has 1 aromatic heterocycles. The molecule has 45 heavy (non-hydrogen) atoms. The topological polar surface area (TPSA) is 127 Å². The SMILES string of the molecule is C[C@@H](O)C(=O)N1C[C@@H](F)[C@@H](Oc2ccc(-c3nccc(Nc4ccc(N5CCN(C6COC6)CC5)cc4)n3)cc2C#N)C[C@@H]1C. The van der Waals surface area contributed by atoms with E-state index in [1.807, 2.05) is 12.1 Å². The number of amides is 1. The lowest BCUT2D eigenvalue weighted by molar-refractivity contribution is -0.146. The van der Waals surface area contributed by atoms with Gasteiger partial charge in [0, 0.05) is 61.8 Å². The summed E-state index contributed by atoms with van der Waals surface area (Å²) in [6, 6.07) is 17.5. The maximum atomic E-state index is 15.0. The summed E-state index contributed by atoms with van der Waals surface area (Å²) in [5.41, 5.74) is 2.93. The largest absolute Gasteiger partial charge is 0.486 e. The van der Waals surface area contributed by atoms with Gasteiger partial charge in [0.05, 0.1) is 31.4 Å². The van der Waals surface area contributed by atoms with E-state index in [0.29, 0.717) is 23.2 Å². The molecule has 236 valence electrons. The number of halogens is 1. The highest BCUT2D eigenvalue weighted by Crippen LogP contribution is 2.30. The smallest absolute Gasteiger partial charge is 0.251 e. The minimum absolute atomic E-state index is 0.181. The number of benzene rings is 2. The molecule has 2 aromatic carbocycles. The number of alkyl halides is 1. The van der Waals surface area contributed by atoms with Crippen LogP contribution < -0.4 is 15.0 Å². The summed E-state index contributed by atoms with van der Waals surface area (Å²) in [5.74, 6) is 0.778. The van der Waals surface area contributed by atoms with Gasteiger partial charge in [0.15, 0.2) is 12.0 Å². The number of piperazine rings is 1. The van der Waals surface area contributed by atoms with Crippen LogP contribution in [-0.2, 0) is 9.53 Å². The molecule has 3 aromatic rings. The van der Waals surface area contributed by atoms with Crippen molar-refractivity contribution in [2.45, 2.75) is 50.7 Å². The molecule has 3 aliphatic heterocycles. The number of aromatic nitrogens is 2. The van der Waals surface area contributed by atoms with Crippen molar-refractivity contribution in [3.63, 3.8) is 0 Å². The zero-order valence-electron chi connectivity index (χ0n) is 25.5. The highest BCUT2D eigenvalue weighted by atomic mass is 19.1. The second-order valence-electron chi connectivity index (χ2n) is 11.9. The lowest BCUT2D eigenvalue weighted by Crippen LogP contribution is -2.56. The Labute approximate surface area is 262 Å². The Hall–Kier alpha value is -4.31. The molecular weight excluding hydrogens is 577 g/mol. The second kappa shape index (κ2) is 13.4. The third kappa shape index (κ3) is 6.86. The third-order valence-electron chi connectivity index (χ3n) is 8.77. The van der Waals surface area contributed by atoms with E-state index in [1.165, 1.54) is 17.5 Å². The monoisotopic (exact) mass is 615 g/mol. The number of carbonyl (C=O) groups is 1. The van der Waals surface area contributed by atoms with Gasteiger partial charge < -0.3 is 29.7 Å². The fourth-order valence-corrected chi connectivity index (χ4v) is 6.04. The molecule has 0 unspecified atom stereocenters. The van der Waals surface area contributed by atoms with Crippen molar-refractivity contribution in [3.8, 4) is 23.2 Å². The number of rotatable bonds is 8. The number of nitriles is 1. The Morgan fingerprint density at radius 2 is 1.91 bits per heavy atom. The van der Waals surface area contributed by atoms with Crippen molar-refractivity contribution >= 4 is 23.1 Å².